The van der Waals surface area contributed by atoms with Crippen LogP contribution in [0.4, 0.5) is 0 Å². The van der Waals surface area contributed by atoms with E-state index >= 15 is 0 Å². The highest BCUT2D eigenvalue weighted by molar-refractivity contribution is 8.00. The smallest absolute Gasteiger partial charge is 0.327 e. The molecule has 2 atom stereocenters. The summed E-state index contributed by atoms with van der Waals surface area (Å²) in [6.07, 6.45) is 2.03. The van der Waals surface area contributed by atoms with Crippen molar-refractivity contribution >= 4 is 23.6 Å². The van der Waals surface area contributed by atoms with Crippen molar-refractivity contribution in [2.24, 2.45) is 0 Å². The topological polar surface area (TPSA) is 66.8 Å². The monoisotopic (exact) mass is 261 g/mol. The van der Waals surface area contributed by atoms with Gasteiger partial charge in [-0.1, -0.05) is 13.3 Å². The SMILES string of the molecule is CCCC1SCC(C(=O)O)N1C(=O)CCOC. The molecule has 1 saturated heterocycles. The standard InChI is InChI=1S/C11H19NO4S/c1-3-4-10-12(9(13)5-6-16-2)8(7-17-10)11(14)15/h8,10H,3-7H2,1-2H3,(H,14,15). The first kappa shape index (κ1) is 14.3. The summed E-state index contributed by atoms with van der Waals surface area (Å²) >= 11 is 1.56. The maximum absolute atomic E-state index is 12.0. The molecule has 17 heavy (non-hydrogen) atoms. The normalized spacial score (nSPS) is 24.0. The molecule has 5 nitrogen and oxygen atoms in total. The molecule has 1 aliphatic rings. The van der Waals surface area contributed by atoms with Crippen LogP contribution in [0.15, 0.2) is 0 Å². The van der Waals surface area contributed by atoms with Crippen LogP contribution in [0.5, 0.6) is 0 Å². The van der Waals surface area contributed by atoms with Gasteiger partial charge in [0.15, 0.2) is 0 Å². The van der Waals surface area contributed by atoms with Crippen molar-refractivity contribution in [3.63, 3.8) is 0 Å². The minimum atomic E-state index is -0.915. The Morgan fingerprint density at radius 1 is 1.53 bits per heavy atom. The Labute approximate surface area is 105 Å². The van der Waals surface area contributed by atoms with E-state index in [1.807, 2.05) is 6.92 Å². The van der Waals surface area contributed by atoms with E-state index in [0.717, 1.165) is 12.8 Å². The van der Waals surface area contributed by atoms with Crippen LogP contribution in [-0.4, -0.2) is 52.8 Å². The first-order valence-corrected chi connectivity index (χ1v) is 6.81. The third-order valence-electron chi connectivity index (χ3n) is 2.72. The Morgan fingerprint density at radius 2 is 2.24 bits per heavy atom. The summed E-state index contributed by atoms with van der Waals surface area (Å²) in [5, 5.41) is 9.11. The van der Waals surface area contributed by atoms with E-state index in [2.05, 4.69) is 0 Å². The second kappa shape index (κ2) is 6.86. The van der Waals surface area contributed by atoms with Crippen molar-refractivity contribution in [3.8, 4) is 0 Å². The van der Waals surface area contributed by atoms with Crippen LogP contribution >= 0.6 is 11.8 Å². The lowest BCUT2D eigenvalue weighted by atomic mass is 10.2. The van der Waals surface area contributed by atoms with Gasteiger partial charge in [-0.3, -0.25) is 4.79 Å². The van der Waals surface area contributed by atoms with Gasteiger partial charge >= 0.3 is 5.97 Å². The van der Waals surface area contributed by atoms with E-state index < -0.39 is 12.0 Å². The van der Waals surface area contributed by atoms with E-state index in [-0.39, 0.29) is 17.7 Å². The summed E-state index contributed by atoms with van der Waals surface area (Å²) < 4.78 is 4.86. The van der Waals surface area contributed by atoms with Gasteiger partial charge in [0.2, 0.25) is 5.91 Å². The highest BCUT2D eigenvalue weighted by Gasteiger charge is 2.40. The molecule has 0 saturated carbocycles. The zero-order valence-electron chi connectivity index (χ0n) is 10.2. The molecule has 1 fully saturated rings. The van der Waals surface area contributed by atoms with Gasteiger partial charge in [0, 0.05) is 12.9 Å². The van der Waals surface area contributed by atoms with Gasteiger partial charge in [-0.25, -0.2) is 4.79 Å². The average Bonchev–Trinajstić information content (AvgIpc) is 2.70. The second-order valence-electron chi connectivity index (χ2n) is 3.97. The molecule has 0 aromatic rings. The van der Waals surface area contributed by atoms with Crippen LogP contribution < -0.4 is 0 Å². The maximum atomic E-state index is 12.0. The molecule has 0 radical (unpaired) electrons. The minimum absolute atomic E-state index is 0.00505. The van der Waals surface area contributed by atoms with Gasteiger partial charge < -0.3 is 14.7 Å². The summed E-state index contributed by atoms with van der Waals surface area (Å²) in [5.74, 6) is -0.553. The molecule has 2 unspecified atom stereocenters. The van der Waals surface area contributed by atoms with Gasteiger partial charge in [-0.2, -0.15) is 0 Å². The predicted molar refractivity (Wildman–Crippen MR) is 65.9 cm³/mol. The molecule has 0 spiro atoms. The number of methoxy groups -OCH3 is 1. The molecule has 6 heteroatoms. The van der Waals surface area contributed by atoms with Gasteiger partial charge in [0.25, 0.3) is 0 Å². The number of hydrogen-bond donors (Lipinski definition) is 1. The number of carbonyl (C=O) groups excluding carboxylic acids is 1. The molecular weight excluding hydrogens is 242 g/mol. The van der Waals surface area contributed by atoms with Gasteiger partial charge in [-0.15, -0.1) is 11.8 Å². The quantitative estimate of drug-likeness (QED) is 0.777. The number of amides is 1. The fourth-order valence-corrected chi connectivity index (χ4v) is 3.41. The van der Waals surface area contributed by atoms with Crippen LogP contribution in [-0.2, 0) is 14.3 Å². The first-order valence-electron chi connectivity index (χ1n) is 5.76. The van der Waals surface area contributed by atoms with Crippen LogP contribution in [0.2, 0.25) is 0 Å². The van der Waals surface area contributed by atoms with Gasteiger partial charge in [0.1, 0.15) is 6.04 Å². The number of carboxylic acid groups (broad SMARTS) is 1. The summed E-state index contributed by atoms with van der Waals surface area (Å²) in [7, 11) is 1.53. The largest absolute Gasteiger partial charge is 0.480 e. The zero-order valence-corrected chi connectivity index (χ0v) is 11.0. The number of rotatable bonds is 6. The molecule has 0 aromatic carbocycles. The van der Waals surface area contributed by atoms with E-state index in [1.165, 1.54) is 12.0 Å². The summed E-state index contributed by atoms with van der Waals surface area (Å²) in [4.78, 5) is 24.6. The molecule has 98 valence electrons. The van der Waals surface area contributed by atoms with Crippen molar-refractivity contribution in [1.29, 1.82) is 0 Å². The van der Waals surface area contributed by atoms with Crippen molar-refractivity contribution in [1.82, 2.24) is 4.90 Å². The Hall–Kier alpha value is -0.750. The van der Waals surface area contributed by atoms with Crippen LogP contribution in [0, 0.1) is 0 Å². The fourth-order valence-electron chi connectivity index (χ4n) is 1.88. The number of carboxylic acids is 1. The second-order valence-corrected chi connectivity index (χ2v) is 5.19. The lowest BCUT2D eigenvalue weighted by Gasteiger charge is -2.27. The number of hydrogen-bond acceptors (Lipinski definition) is 4. The Balaban J connectivity index is 2.70. The van der Waals surface area contributed by atoms with E-state index in [0.29, 0.717) is 12.4 Å². The van der Waals surface area contributed by atoms with Crippen LogP contribution in [0.25, 0.3) is 0 Å². The Bertz CT molecular complexity index is 285. The fraction of sp³-hybridized carbons (Fsp3) is 0.818. The van der Waals surface area contributed by atoms with E-state index in [4.69, 9.17) is 9.84 Å². The molecule has 1 aliphatic heterocycles. The van der Waals surface area contributed by atoms with E-state index in [9.17, 15) is 9.59 Å². The minimum Gasteiger partial charge on any atom is -0.480 e. The first-order chi connectivity index (χ1) is 8.11. The number of carbonyl (C=O) groups is 2. The molecule has 1 rings (SSSR count). The zero-order chi connectivity index (χ0) is 12.8. The van der Waals surface area contributed by atoms with Crippen LogP contribution in [0.1, 0.15) is 26.2 Å². The van der Waals surface area contributed by atoms with Crippen molar-refractivity contribution < 1.29 is 19.4 Å². The highest BCUT2D eigenvalue weighted by Crippen LogP contribution is 2.32. The third kappa shape index (κ3) is 3.61. The number of ether oxygens (including phenoxy) is 1. The maximum Gasteiger partial charge on any atom is 0.327 e. The highest BCUT2D eigenvalue weighted by atomic mass is 32.2. The molecule has 0 aromatic heterocycles. The van der Waals surface area contributed by atoms with E-state index in [1.54, 1.807) is 11.8 Å². The molecule has 1 amide bonds. The van der Waals surface area contributed by atoms with Crippen molar-refractivity contribution in [2.45, 2.75) is 37.6 Å². The summed E-state index contributed by atoms with van der Waals surface area (Å²) in [6.45, 7) is 2.37. The molecular formula is C11H19NO4S. The third-order valence-corrected chi connectivity index (χ3v) is 4.08. The number of nitrogens with zero attached hydrogens (tertiary/aromatic N) is 1. The molecule has 1 N–H and O–H groups in total. The van der Waals surface area contributed by atoms with Crippen molar-refractivity contribution in [2.75, 3.05) is 19.5 Å². The molecule has 0 bridgehead atoms. The Kier molecular flexibility index (Phi) is 5.77. The van der Waals surface area contributed by atoms with Crippen molar-refractivity contribution in [3.05, 3.63) is 0 Å². The van der Waals surface area contributed by atoms with Crippen LogP contribution in [0.3, 0.4) is 0 Å². The molecule has 1 heterocycles. The lowest BCUT2D eigenvalue weighted by Crippen LogP contribution is -2.45. The Morgan fingerprint density at radius 3 is 2.76 bits per heavy atom. The average molecular weight is 261 g/mol. The number of thioether (sulfide) groups is 1. The number of aliphatic carboxylic acids is 1. The summed E-state index contributed by atoms with van der Waals surface area (Å²) in [5.41, 5.74) is 0. The predicted octanol–water partition coefficient (Wildman–Crippen LogP) is 1.18. The van der Waals surface area contributed by atoms with Gasteiger partial charge in [0.05, 0.1) is 18.4 Å². The van der Waals surface area contributed by atoms with Gasteiger partial charge in [-0.05, 0) is 6.42 Å². The lowest BCUT2D eigenvalue weighted by molar-refractivity contribution is -0.149. The molecule has 0 aliphatic carbocycles. The summed E-state index contributed by atoms with van der Waals surface area (Å²) in [6, 6.07) is -0.680.